The Kier molecular flexibility index (Phi) is 3.98. The van der Waals surface area contributed by atoms with Crippen molar-refractivity contribution >= 4 is 40.3 Å². The normalized spacial score (nSPS) is 17.9. The summed E-state index contributed by atoms with van der Waals surface area (Å²) in [5, 5.41) is 2.87. The number of thiocarbonyl (C=S) groups is 1. The summed E-state index contributed by atoms with van der Waals surface area (Å²) in [6.07, 6.45) is 1.37. The van der Waals surface area contributed by atoms with Gasteiger partial charge in [0.25, 0.3) is 5.91 Å². The maximum Gasteiger partial charge on any atom is 0.280 e. The summed E-state index contributed by atoms with van der Waals surface area (Å²) >= 11 is 6.16. The van der Waals surface area contributed by atoms with Gasteiger partial charge < -0.3 is 0 Å². The van der Waals surface area contributed by atoms with Gasteiger partial charge >= 0.3 is 0 Å². The zero-order chi connectivity index (χ0) is 14.2. The van der Waals surface area contributed by atoms with Crippen molar-refractivity contribution in [2.75, 3.05) is 14.1 Å². The Balaban J connectivity index is 2.35. The average Bonchev–Trinajstić information content (AvgIpc) is 2.58. The molecule has 0 aromatic heterocycles. The molecule has 7 heteroatoms. The van der Waals surface area contributed by atoms with Crippen molar-refractivity contribution in [1.82, 2.24) is 10.0 Å². The second-order valence-corrected chi connectivity index (χ2v) is 5.68. The molecule has 1 fully saturated rings. The molecular formula is C12H10F2N2OS2. The number of hydrazine groups is 1. The summed E-state index contributed by atoms with van der Waals surface area (Å²) in [6.45, 7) is 0. The van der Waals surface area contributed by atoms with E-state index in [1.54, 1.807) is 19.1 Å². The van der Waals surface area contributed by atoms with E-state index in [4.69, 9.17) is 12.2 Å². The molecule has 1 saturated heterocycles. The van der Waals surface area contributed by atoms with Crippen LogP contribution in [0.3, 0.4) is 0 Å². The molecule has 0 atom stereocenters. The Labute approximate surface area is 118 Å². The quantitative estimate of drug-likeness (QED) is 0.619. The highest BCUT2D eigenvalue weighted by Crippen LogP contribution is 2.33. The molecule has 1 aliphatic rings. The van der Waals surface area contributed by atoms with Crippen molar-refractivity contribution in [2.45, 2.75) is 0 Å². The first-order valence-corrected chi connectivity index (χ1v) is 6.53. The van der Waals surface area contributed by atoms with Crippen molar-refractivity contribution in [3.05, 3.63) is 40.3 Å². The number of nitrogens with zero attached hydrogens (tertiary/aromatic N) is 2. The third-order valence-corrected chi connectivity index (χ3v) is 3.71. The maximum absolute atomic E-state index is 13.5. The van der Waals surface area contributed by atoms with Gasteiger partial charge in [0.1, 0.15) is 11.6 Å². The molecule has 0 saturated carbocycles. The van der Waals surface area contributed by atoms with E-state index >= 15 is 0 Å². The zero-order valence-electron chi connectivity index (χ0n) is 10.2. The number of carbonyl (C=O) groups is 1. The Bertz CT molecular complexity index is 587. The molecule has 19 heavy (non-hydrogen) atoms. The summed E-state index contributed by atoms with van der Waals surface area (Å²) in [6, 6.07) is 3.20. The number of halogens is 2. The number of carbonyl (C=O) groups excluding carboxylic acids is 1. The highest BCUT2D eigenvalue weighted by atomic mass is 32.2. The van der Waals surface area contributed by atoms with Crippen LogP contribution >= 0.6 is 24.0 Å². The van der Waals surface area contributed by atoms with E-state index in [1.165, 1.54) is 17.2 Å². The largest absolute Gasteiger partial charge is 0.280 e. The van der Waals surface area contributed by atoms with Crippen LogP contribution in [0.25, 0.3) is 6.08 Å². The molecule has 0 spiro atoms. The van der Waals surface area contributed by atoms with E-state index < -0.39 is 11.6 Å². The second kappa shape index (κ2) is 5.36. The van der Waals surface area contributed by atoms with Gasteiger partial charge in [-0.1, -0.05) is 24.0 Å². The lowest BCUT2D eigenvalue weighted by Crippen LogP contribution is -2.39. The third-order valence-electron chi connectivity index (χ3n) is 2.42. The van der Waals surface area contributed by atoms with Gasteiger partial charge in [0.2, 0.25) is 0 Å². The van der Waals surface area contributed by atoms with Gasteiger partial charge in [-0.05, 0) is 18.2 Å². The molecule has 1 heterocycles. The van der Waals surface area contributed by atoms with Gasteiger partial charge in [-0.15, -0.1) is 0 Å². The summed E-state index contributed by atoms with van der Waals surface area (Å²) in [5.74, 6) is -1.69. The summed E-state index contributed by atoms with van der Waals surface area (Å²) in [5.41, 5.74) is 0.153. The first kappa shape index (κ1) is 14.1. The fraction of sp³-hybridized carbons (Fsp3) is 0.167. The van der Waals surface area contributed by atoms with E-state index in [2.05, 4.69) is 0 Å². The van der Waals surface area contributed by atoms with Gasteiger partial charge in [-0.25, -0.2) is 18.8 Å². The number of rotatable bonds is 2. The maximum atomic E-state index is 13.5. The monoisotopic (exact) mass is 300 g/mol. The Hall–Kier alpha value is -1.31. The van der Waals surface area contributed by atoms with E-state index in [1.807, 2.05) is 0 Å². The van der Waals surface area contributed by atoms with E-state index in [0.717, 1.165) is 23.9 Å². The van der Waals surface area contributed by atoms with E-state index in [9.17, 15) is 13.6 Å². The number of hydrogen-bond acceptors (Lipinski definition) is 4. The number of amides is 1. The molecule has 1 aliphatic heterocycles. The standard InChI is InChI=1S/C12H10F2N2OS2/c1-15(2)16-11(17)10(19-12(16)18)5-7-3-4-8(13)6-9(7)14/h3-6H,1-2H3/b10-5-. The first-order chi connectivity index (χ1) is 8.90. The molecule has 2 rings (SSSR count). The summed E-state index contributed by atoms with van der Waals surface area (Å²) in [4.78, 5) is 12.4. The van der Waals surface area contributed by atoms with Crippen molar-refractivity contribution < 1.29 is 13.6 Å². The van der Waals surface area contributed by atoms with Crippen LogP contribution in [0.15, 0.2) is 23.1 Å². The molecule has 0 aliphatic carbocycles. The Morgan fingerprint density at radius 2 is 2.05 bits per heavy atom. The topological polar surface area (TPSA) is 23.6 Å². The van der Waals surface area contributed by atoms with Crippen molar-refractivity contribution in [2.24, 2.45) is 0 Å². The lowest BCUT2D eigenvalue weighted by Gasteiger charge is -2.21. The first-order valence-electron chi connectivity index (χ1n) is 5.30. The summed E-state index contributed by atoms with van der Waals surface area (Å²) in [7, 11) is 3.37. The van der Waals surface area contributed by atoms with Crippen LogP contribution in [0, 0.1) is 11.6 Å². The lowest BCUT2D eigenvalue weighted by molar-refractivity contribution is -0.130. The molecule has 0 unspecified atom stereocenters. The fourth-order valence-electron chi connectivity index (χ4n) is 1.56. The zero-order valence-corrected chi connectivity index (χ0v) is 11.8. The molecule has 100 valence electrons. The van der Waals surface area contributed by atoms with Crippen LogP contribution in [0.1, 0.15) is 5.56 Å². The van der Waals surface area contributed by atoms with Crippen molar-refractivity contribution in [3.8, 4) is 0 Å². The number of hydrogen-bond donors (Lipinski definition) is 0. The number of benzene rings is 1. The van der Waals surface area contributed by atoms with Gasteiger partial charge in [-0.3, -0.25) is 4.79 Å². The van der Waals surface area contributed by atoms with E-state index in [0.29, 0.717) is 9.23 Å². The highest BCUT2D eigenvalue weighted by molar-refractivity contribution is 8.26. The predicted molar refractivity (Wildman–Crippen MR) is 75.1 cm³/mol. The minimum atomic E-state index is -0.713. The number of thioether (sulfide) groups is 1. The average molecular weight is 300 g/mol. The molecule has 0 N–H and O–H groups in total. The minimum absolute atomic E-state index is 0.153. The van der Waals surface area contributed by atoms with Crippen molar-refractivity contribution in [3.63, 3.8) is 0 Å². The van der Waals surface area contributed by atoms with Crippen LogP contribution in [-0.4, -0.2) is 34.3 Å². The summed E-state index contributed by atoms with van der Waals surface area (Å²) < 4.78 is 26.7. The smallest absolute Gasteiger partial charge is 0.267 e. The van der Waals surface area contributed by atoms with Crippen LogP contribution < -0.4 is 0 Å². The van der Waals surface area contributed by atoms with Crippen LogP contribution in [-0.2, 0) is 4.79 Å². The molecule has 1 amide bonds. The molecular weight excluding hydrogens is 290 g/mol. The van der Waals surface area contributed by atoms with Crippen LogP contribution in [0.4, 0.5) is 8.78 Å². The highest BCUT2D eigenvalue weighted by Gasteiger charge is 2.33. The van der Waals surface area contributed by atoms with E-state index in [-0.39, 0.29) is 11.5 Å². The van der Waals surface area contributed by atoms with Crippen LogP contribution in [0.2, 0.25) is 0 Å². The minimum Gasteiger partial charge on any atom is -0.267 e. The molecule has 1 aromatic rings. The van der Waals surface area contributed by atoms with Gasteiger partial charge in [0.15, 0.2) is 4.32 Å². The SMILES string of the molecule is CN(C)N1C(=O)/C(=C/c2ccc(F)cc2F)SC1=S. The third kappa shape index (κ3) is 2.83. The molecule has 0 radical (unpaired) electrons. The lowest BCUT2D eigenvalue weighted by atomic mass is 10.2. The fourth-order valence-corrected chi connectivity index (χ4v) is 2.96. The van der Waals surface area contributed by atoms with Gasteiger partial charge in [-0.2, -0.15) is 0 Å². The van der Waals surface area contributed by atoms with Gasteiger partial charge in [0, 0.05) is 25.7 Å². The second-order valence-electron chi connectivity index (χ2n) is 4.01. The van der Waals surface area contributed by atoms with Crippen molar-refractivity contribution in [1.29, 1.82) is 0 Å². The van der Waals surface area contributed by atoms with Gasteiger partial charge in [0.05, 0.1) is 4.91 Å². The Morgan fingerprint density at radius 1 is 1.37 bits per heavy atom. The predicted octanol–water partition coefficient (Wildman–Crippen LogP) is 2.64. The van der Waals surface area contributed by atoms with Crippen LogP contribution in [0.5, 0.6) is 0 Å². The molecule has 3 nitrogen and oxygen atoms in total. The molecule has 1 aromatic carbocycles. The molecule has 0 bridgehead atoms. The Morgan fingerprint density at radius 3 is 2.58 bits per heavy atom.